The molecule has 0 aromatic rings. The maximum atomic E-state index is 10.7. The van der Waals surface area contributed by atoms with Gasteiger partial charge in [-0.05, 0) is 6.92 Å². The molecule has 0 spiro atoms. The minimum atomic E-state index is -3.97. The molecule has 0 saturated carbocycles. The van der Waals surface area contributed by atoms with Crippen LogP contribution in [-0.2, 0) is 13.6 Å². The molecule has 74 valence electrons. The Labute approximate surface area is 70.4 Å². The van der Waals surface area contributed by atoms with Crippen molar-refractivity contribution in [1.29, 1.82) is 0 Å². The van der Waals surface area contributed by atoms with Crippen molar-refractivity contribution in [3.8, 4) is 0 Å². The van der Waals surface area contributed by atoms with E-state index in [1.807, 2.05) is 0 Å². The summed E-state index contributed by atoms with van der Waals surface area (Å²) >= 11 is 0. The Balaban J connectivity index is 3.54. The predicted octanol–water partition coefficient (Wildman–Crippen LogP) is -0.159. The number of hydrogen-bond acceptors (Lipinski definition) is 5. The average molecular weight is 200 g/mol. The van der Waals surface area contributed by atoms with Crippen LogP contribution in [0.15, 0.2) is 0 Å². The summed E-state index contributed by atoms with van der Waals surface area (Å²) in [4.78, 5) is 8.78. The highest BCUT2D eigenvalue weighted by atomic mass is 31.2. The van der Waals surface area contributed by atoms with Crippen molar-refractivity contribution in [3.05, 3.63) is 0 Å². The predicted molar refractivity (Wildman–Crippen MR) is 40.2 cm³/mol. The fraction of sp³-hybridized carbons (Fsp3) is 1.00. The minimum absolute atomic E-state index is 0.0649. The van der Waals surface area contributed by atoms with Crippen LogP contribution in [0.3, 0.4) is 0 Å². The van der Waals surface area contributed by atoms with E-state index in [4.69, 9.17) is 15.1 Å². The fourth-order valence-electron chi connectivity index (χ4n) is 0.474. The lowest BCUT2D eigenvalue weighted by molar-refractivity contribution is -0.0536. The number of aliphatic hydroxyl groups excluding tert-OH is 1. The SMILES string of the molecule is CCOP(=O)(O)OCCC(O)O. The third-order valence-electron chi connectivity index (χ3n) is 0.923. The molecule has 0 bridgehead atoms. The third-order valence-corrected chi connectivity index (χ3v) is 2.02. The maximum Gasteiger partial charge on any atom is 0.472 e. The van der Waals surface area contributed by atoms with E-state index in [2.05, 4.69) is 9.05 Å². The summed E-state index contributed by atoms with van der Waals surface area (Å²) in [5.41, 5.74) is 0. The number of aliphatic hydroxyl groups is 2. The van der Waals surface area contributed by atoms with Crippen LogP contribution in [0.4, 0.5) is 0 Å². The molecule has 0 aromatic heterocycles. The number of hydrogen-bond donors (Lipinski definition) is 3. The Morgan fingerprint density at radius 2 is 2.00 bits per heavy atom. The molecule has 0 aliphatic heterocycles. The normalized spacial score (nSPS) is 16.4. The molecule has 0 heterocycles. The topological polar surface area (TPSA) is 96.2 Å². The largest absolute Gasteiger partial charge is 0.472 e. The molecule has 3 N–H and O–H groups in total. The van der Waals surface area contributed by atoms with Gasteiger partial charge in [-0.1, -0.05) is 0 Å². The van der Waals surface area contributed by atoms with Crippen LogP contribution in [0.5, 0.6) is 0 Å². The molecule has 0 aliphatic carbocycles. The van der Waals surface area contributed by atoms with Crippen LogP contribution in [0.1, 0.15) is 13.3 Å². The van der Waals surface area contributed by atoms with Gasteiger partial charge in [0.2, 0.25) is 0 Å². The summed E-state index contributed by atoms with van der Waals surface area (Å²) in [5, 5.41) is 16.7. The van der Waals surface area contributed by atoms with Crippen molar-refractivity contribution in [3.63, 3.8) is 0 Å². The van der Waals surface area contributed by atoms with Gasteiger partial charge >= 0.3 is 7.82 Å². The second-order valence-corrected chi connectivity index (χ2v) is 3.44. The van der Waals surface area contributed by atoms with Gasteiger partial charge in [0.15, 0.2) is 6.29 Å². The molecule has 0 fully saturated rings. The van der Waals surface area contributed by atoms with E-state index in [0.29, 0.717) is 0 Å². The van der Waals surface area contributed by atoms with Crippen molar-refractivity contribution in [2.45, 2.75) is 19.6 Å². The number of rotatable bonds is 6. The number of phosphoric acid groups is 1. The van der Waals surface area contributed by atoms with E-state index < -0.39 is 14.1 Å². The van der Waals surface area contributed by atoms with E-state index in [1.165, 1.54) is 0 Å². The first-order valence-corrected chi connectivity index (χ1v) is 4.95. The highest BCUT2D eigenvalue weighted by molar-refractivity contribution is 7.47. The molecule has 0 aromatic carbocycles. The molecule has 0 aliphatic rings. The third kappa shape index (κ3) is 6.72. The van der Waals surface area contributed by atoms with Crippen LogP contribution >= 0.6 is 7.82 Å². The average Bonchev–Trinajstić information content (AvgIpc) is 1.85. The lowest BCUT2D eigenvalue weighted by Gasteiger charge is -2.10. The van der Waals surface area contributed by atoms with Crippen LogP contribution in [-0.4, -0.2) is 34.6 Å². The Morgan fingerprint density at radius 3 is 2.42 bits per heavy atom. The van der Waals surface area contributed by atoms with Gasteiger partial charge < -0.3 is 15.1 Å². The van der Waals surface area contributed by atoms with Crippen molar-refractivity contribution < 1.29 is 28.7 Å². The van der Waals surface area contributed by atoms with Crippen LogP contribution < -0.4 is 0 Å². The lowest BCUT2D eigenvalue weighted by Crippen LogP contribution is -2.08. The van der Waals surface area contributed by atoms with Gasteiger partial charge in [-0.15, -0.1) is 0 Å². The summed E-state index contributed by atoms with van der Waals surface area (Å²) in [7, 11) is -3.97. The summed E-state index contributed by atoms with van der Waals surface area (Å²) in [6.45, 7) is 1.38. The van der Waals surface area contributed by atoms with Crippen molar-refractivity contribution in [1.82, 2.24) is 0 Å². The first kappa shape index (κ1) is 12.0. The van der Waals surface area contributed by atoms with Gasteiger partial charge in [-0.3, -0.25) is 9.05 Å². The molecule has 0 amide bonds. The Hall–Kier alpha value is 0.0300. The quantitative estimate of drug-likeness (QED) is 0.407. The zero-order valence-corrected chi connectivity index (χ0v) is 7.61. The Kier molecular flexibility index (Phi) is 5.65. The lowest BCUT2D eigenvalue weighted by atomic mass is 10.5. The number of phosphoric ester groups is 1. The van der Waals surface area contributed by atoms with Crippen molar-refractivity contribution in [2.75, 3.05) is 13.2 Å². The molecule has 0 radical (unpaired) electrons. The fourth-order valence-corrected chi connectivity index (χ4v) is 1.21. The van der Waals surface area contributed by atoms with Gasteiger partial charge in [0.1, 0.15) is 0 Å². The molecule has 1 atom stereocenters. The second-order valence-electron chi connectivity index (χ2n) is 1.99. The highest BCUT2D eigenvalue weighted by Crippen LogP contribution is 2.42. The molecule has 7 heteroatoms. The summed E-state index contributed by atoms with van der Waals surface area (Å²) in [6, 6.07) is 0. The van der Waals surface area contributed by atoms with Gasteiger partial charge in [-0.25, -0.2) is 4.57 Å². The van der Waals surface area contributed by atoms with Crippen molar-refractivity contribution >= 4 is 7.82 Å². The second kappa shape index (κ2) is 5.64. The molecule has 6 nitrogen and oxygen atoms in total. The molecule has 12 heavy (non-hydrogen) atoms. The Morgan fingerprint density at radius 1 is 1.42 bits per heavy atom. The van der Waals surface area contributed by atoms with E-state index in [1.54, 1.807) is 6.92 Å². The molecular weight excluding hydrogens is 187 g/mol. The van der Waals surface area contributed by atoms with E-state index in [0.717, 1.165) is 0 Å². The molecule has 0 rings (SSSR count). The smallest absolute Gasteiger partial charge is 0.368 e. The van der Waals surface area contributed by atoms with Gasteiger partial charge in [0.25, 0.3) is 0 Å². The maximum absolute atomic E-state index is 10.7. The summed E-state index contributed by atoms with van der Waals surface area (Å²) in [5.74, 6) is 0. The first-order chi connectivity index (χ1) is 5.48. The highest BCUT2D eigenvalue weighted by Gasteiger charge is 2.19. The molecule has 0 saturated heterocycles. The monoisotopic (exact) mass is 200 g/mol. The zero-order valence-electron chi connectivity index (χ0n) is 6.71. The van der Waals surface area contributed by atoms with Crippen LogP contribution in [0, 0.1) is 0 Å². The van der Waals surface area contributed by atoms with Crippen molar-refractivity contribution in [2.24, 2.45) is 0 Å². The molecular formula is C5H13O6P. The Bertz CT molecular complexity index is 158. The van der Waals surface area contributed by atoms with Gasteiger partial charge in [-0.2, -0.15) is 0 Å². The summed E-state index contributed by atoms with van der Waals surface area (Å²) < 4.78 is 19.4. The van der Waals surface area contributed by atoms with Crippen LogP contribution in [0.2, 0.25) is 0 Å². The van der Waals surface area contributed by atoms with E-state index >= 15 is 0 Å². The van der Waals surface area contributed by atoms with Gasteiger partial charge in [0.05, 0.1) is 13.2 Å². The molecule has 1 unspecified atom stereocenters. The minimum Gasteiger partial charge on any atom is -0.368 e. The standard InChI is InChI=1S/C5H13O6P/c1-2-10-12(8,9)11-4-3-5(6)7/h5-7H,2-4H2,1H3,(H,8,9). The first-order valence-electron chi connectivity index (χ1n) is 3.46. The van der Waals surface area contributed by atoms with Gasteiger partial charge in [0, 0.05) is 6.42 Å². The van der Waals surface area contributed by atoms with Crippen LogP contribution in [0.25, 0.3) is 0 Å². The summed E-state index contributed by atoms with van der Waals surface area (Å²) in [6.07, 6.45) is -1.66. The van der Waals surface area contributed by atoms with E-state index in [9.17, 15) is 4.57 Å². The van der Waals surface area contributed by atoms with E-state index in [-0.39, 0.29) is 19.6 Å². The zero-order chi connectivity index (χ0) is 9.61.